The number of nitrogens with one attached hydrogen (secondary N) is 1. The summed E-state index contributed by atoms with van der Waals surface area (Å²) in [6.45, 7) is 5.39. The van der Waals surface area contributed by atoms with Crippen molar-refractivity contribution in [1.82, 2.24) is 19.8 Å². The fraction of sp³-hybridized carbons (Fsp3) is 0.320. The molecule has 2 atom stereocenters. The first-order valence-corrected chi connectivity index (χ1v) is 11.2. The van der Waals surface area contributed by atoms with Crippen LogP contribution < -0.4 is 5.32 Å². The number of pyridine rings is 1. The fourth-order valence-corrected chi connectivity index (χ4v) is 4.88. The normalized spacial score (nSPS) is 17.8. The third-order valence-electron chi connectivity index (χ3n) is 6.05. The van der Waals surface area contributed by atoms with Crippen LogP contribution in [-0.2, 0) is 9.47 Å². The van der Waals surface area contributed by atoms with Crippen molar-refractivity contribution in [3.63, 3.8) is 0 Å². The summed E-state index contributed by atoms with van der Waals surface area (Å²) in [6.07, 6.45) is 1.80. The molecule has 1 aliphatic rings. The lowest BCUT2D eigenvalue weighted by atomic mass is 9.97. The van der Waals surface area contributed by atoms with Crippen LogP contribution in [0.15, 0.2) is 54.7 Å². The van der Waals surface area contributed by atoms with Gasteiger partial charge in [-0.15, -0.1) is 0 Å². The number of hydrogen-bond donors (Lipinski definition) is 1. The number of aryl methyl sites for hydroxylation is 1. The molecule has 1 fully saturated rings. The summed E-state index contributed by atoms with van der Waals surface area (Å²) in [4.78, 5) is 18.9. The van der Waals surface area contributed by atoms with Crippen LogP contribution >= 0.6 is 12.2 Å². The van der Waals surface area contributed by atoms with E-state index in [-0.39, 0.29) is 18.1 Å². The van der Waals surface area contributed by atoms with Gasteiger partial charge in [-0.1, -0.05) is 12.1 Å². The van der Waals surface area contributed by atoms with Gasteiger partial charge in [0.2, 0.25) is 0 Å². The second-order valence-corrected chi connectivity index (χ2v) is 8.40. The van der Waals surface area contributed by atoms with Crippen molar-refractivity contribution in [2.75, 3.05) is 27.4 Å². The summed E-state index contributed by atoms with van der Waals surface area (Å²) in [6, 6.07) is 15.4. The van der Waals surface area contributed by atoms with E-state index in [1.807, 2.05) is 36.4 Å². The van der Waals surface area contributed by atoms with E-state index < -0.39 is 0 Å². The quantitative estimate of drug-likeness (QED) is 0.420. The van der Waals surface area contributed by atoms with E-state index in [1.54, 1.807) is 19.4 Å². The molecule has 3 heterocycles. The molecule has 1 N–H and O–H groups in total. The Balaban J connectivity index is 1.81. The predicted molar refractivity (Wildman–Crippen MR) is 131 cm³/mol. The molecule has 4 rings (SSSR count). The number of rotatable bonds is 7. The minimum absolute atomic E-state index is 0.0497. The molecule has 0 radical (unpaired) electrons. The van der Waals surface area contributed by atoms with Gasteiger partial charge in [0.15, 0.2) is 5.11 Å². The Morgan fingerprint density at radius 1 is 1.15 bits per heavy atom. The average molecular weight is 465 g/mol. The summed E-state index contributed by atoms with van der Waals surface area (Å²) in [7, 11) is 3.08. The number of aromatic nitrogens is 2. The van der Waals surface area contributed by atoms with E-state index >= 15 is 0 Å². The predicted octanol–water partition coefficient (Wildman–Crippen LogP) is 3.89. The second kappa shape index (κ2) is 9.72. The Labute approximate surface area is 199 Å². The molecular weight excluding hydrogens is 436 g/mol. The molecule has 0 bridgehead atoms. The van der Waals surface area contributed by atoms with Gasteiger partial charge in [0.25, 0.3) is 0 Å². The van der Waals surface area contributed by atoms with E-state index in [0.29, 0.717) is 23.8 Å². The van der Waals surface area contributed by atoms with Crippen molar-refractivity contribution in [2.45, 2.75) is 25.9 Å². The molecule has 0 amide bonds. The lowest BCUT2D eigenvalue weighted by Gasteiger charge is -2.28. The average Bonchev–Trinajstić information content (AvgIpc) is 3.32. The van der Waals surface area contributed by atoms with Gasteiger partial charge < -0.3 is 24.3 Å². The van der Waals surface area contributed by atoms with Gasteiger partial charge in [-0.3, -0.25) is 4.98 Å². The molecule has 172 valence electrons. The zero-order valence-corrected chi connectivity index (χ0v) is 20.1. The minimum Gasteiger partial charge on any atom is -0.465 e. The number of hydrogen-bond acceptors (Lipinski definition) is 5. The van der Waals surface area contributed by atoms with Crippen molar-refractivity contribution in [3.8, 4) is 5.69 Å². The van der Waals surface area contributed by atoms with Crippen LogP contribution in [0.1, 0.15) is 45.1 Å². The van der Waals surface area contributed by atoms with Crippen molar-refractivity contribution in [1.29, 1.82) is 0 Å². The minimum atomic E-state index is -0.356. The third-order valence-corrected chi connectivity index (χ3v) is 6.40. The molecule has 0 unspecified atom stereocenters. The van der Waals surface area contributed by atoms with Crippen molar-refractivity contribution >= 4 is 23.3 Å². The van der Waals surface area contributed by atoms with Crippen LogP contribution in [0.2, 0.25) is 0 Å². The molecule has 0 saturated carbocycles. The second-order valence-electron chi connectivity index (χ2n) is 8.02. The standard InChI is InChI=1S/C25H28N4O3S/c1-16-14-20(17(2)29(16)19-9-7-8-18(15-19)24(30)32-4)23-22(21-10-5-6-11-26-21)27-25(33)28(23)12-13-31-3/h5-11,14-15,22-23H,12-13H2,1-4H3,(H,27,33)/t22-,23+/m0/s1. The van der Waals surface area contributed by atoms with Crippen molar-refractivity contribution in [3.05, 3.63) is 82.9 Å². The molecular formula is C25H28N4O3S. The maximum absolute atomic E-state index is 12.1. The summed E-state index contributed by atoms with van der Waals surface area (Å²) < 4.78 is 12.4. The van der Waals surface area contributed by atoms with Gasteiger partial charge in [-0.2, -0.15) is 0 Å². The molecule has 33 heavy (non-hydrogen) atoms. The van der Waals surface area contributed by atoms with Crippen LogP contribution in [-0.4, -0.2) is 52.9 Å². The van der Waals surface area contributed by atoms with Crippen LogP contribution in [0.3, 0.4) is 0 Å². The maximum Gasteiger partial charge on any atom is 0.337 e. The van der Waals surface area contributed by atoms with Crippen LogP contribution in [0, 0.1) is 13.8 Å². The van der Waals surface area contributed by atoms with E-state index in [2.05, 4.69) is 39.7 Å². The number of carbonyl (C=O) groups excluding carboxylic acids is 1. The van der Waals surface area contributed by atoms with Gasteiger partial charge in [0.1, 0.15) is 0 Å². The van der Waals surface area contributed by atoms with Gasteiger partial charge >= 0.3 is 5.97 Å². The van der Waals surface area contributed by atoms with E-state index in [4.69, 9.17) is 21.7 Å². The SMILES string of the molecule is COCCN1C(=S)N[C@@H](c2ccccn2)[C@H]1c1cc(C)n(-c2cccc(C(=O)OC)c2)c1C. The smallest absolute Gasteiger partial charge is 0.337 e. The van der Waals surface area contributed by atoms with E-state index in [1.165, 1.54) is 7.11 Å². The molecule has 1 saturated heterocycles. The van der Waals surface area contributed by atoms with Gasteiger partial charge in [-0.05, 0) is 68.0 Å². The number of benzene rings is 1. The molecule has 3 aromatic rings. The molecule has 2 aromatic heterocycles. The van der Waals surface area contributed by atoms with Gasteiger partial charge in [0.05, 0.1) is 37.1 Å². The highest BCUT2D eigenvalue weighted by Crippen LogP contribution is 2.41. The van der Waals surface area contributed by atoms with Crippen LogP contribution in [0.25, 0.3) is 5.69 Å². The fourth-order valence-electron chi connectivity index (χ4n) is 4.55. The number of methoxy groups -OCH3 is 2. The van der Waals surface area contributed by atoms with Crippen LogP contribution in [0.5, 0.6) is 0 Å². The number of esters is 1. The summed E-state index contributed by atoms with van der Waals surface area (Å²) in [5.41, 5.74) is 5.65. The molecule has 0 aliphatic carbocycles. The lowest BCUT2D eigenvalue weighted by Crippen LogP contribution is -2.32. The summed E-state index contributed by atoms with van der Waals surface area (Å²) in [5.74, 6) is -0.356. The molecule has 8 heteroatoms. The van der Waals surface area contributed by atoms with Crippen LogP contribution in [0.4, 0.5) is 0 Å². The van der Waals surface area contributed by atoms with Gasteiger partial charge in [-0.25, -0.2) is 4.79 Å². The number of thiocarbonyl (C=S) groups is 1. The Bertz CT molecular complexity index is 1160. The largest absolute Gasteiger partial charge is 0.465 e. The van der Waals surface area contributed by atoms with E-state index in [0.717, 1.165) is 28.3 Å². The third kappa shape index (κ3) is 4.36. The maximum atomic E-state index is 12.1. The first-order valence-electron chi connectivity index (χ1n) is 10.8. The monoisotopic (exact) mass is 464 g/mol. The Kier molecular flexibility index (Phi) is 6.76. The van der Waals surface area contributed by atoms with E-state index in [9.17, 15) is 4.79 Å². The first kappa shape index (κ1) is 22.9. The number of carbonyl (C=O) groups is 1. The topological polar surface area (TPSA) is 68.6 Å². The summed E-state index contributed by atoms with van der Waals surface area (Å²) >= 11 is 5.72. The zero-order valence-electron chi connectivity index (χ0n) is 19.2. The first-order chi connectivity index (χ1) is 16.0. The highest BCUT2D eigenvalue weighted by Gasteiger charge is 2.41. The number of nitrogens with zero attached hydrogens (tertiary/aromatic N) is 3. The molecule has 0 spiro atoms. The van der Waals surface area contributed by atoms with Crippen molar-refractivity contribution in [2.24, 2.45) is 0 Å². The highest BCUT2D eigenvalue weighted by atomic mass is 32.1. The van der Waals surface area contributed by atoms with Crippen molar-refractivity contribution < 1.29 is 14.3 Å². The highest BCUT2D eigenvalue weighted by molar-refractivity contribution is 7.80. The lowest BCUT2D eigenvalue weighted by molar-refractivity contribution is 0.0600. The Morgan fingerprint density at radius 3 is 2.67 bits per heavy atom. The Morgan fingerprint density at radius 2 is 1.97 bits per heavy atom. The Hall–Kier alpha value is -3.23. The molecule has 7 nitrogen and oxygen atoms in total. The molecule has 1 aliphatic heterocycles. The molecule has 1 aromatic carbocycles. The van der Waals surface area contributed by atoms with Gasteiger partial charge in [0, 0.05) is 36.9 Å². The number of ether oxygens (including phenoxy) is 2. The summed E-state index contributed by atoms with van der Waals surface area (Å²) in [5, 5.41) is 4.16. The zero-order chi connectivity index (χ0) is 23.5.